The second-order valence-electron chi connectivity index (χ2n) is 5.07. The monoisotopic (exact) mass is 308 g/mol. The summed E-state index contributed by atoms with van der Waals surface area (Å²) in [7, 11) is 1.56. The van der Waals surface area contributed by atoms with Gasteiger partial charge in [-0.15, -0.1) is 0 Å². The first-order chi connectivity index (χ1) is 11.2. The molecule has 116 valence electrons. The van der Waals surface area contributed by atoms with Crippen molar-refractivity contribution < 1.29 is 9.53 Å². The highest BCUT2D eigenvalue weighted by Crippen LogP contribution is 2.23. The summed E-state index contributed by atoms with van der Waals surface area (Å²) in [6.07, 6.45) is 1.63. The Labute approximate surface area is 133 Å². The summed E-state index contributed by atoms with van der Waals surface area (Å²) in [5.41, 5.74) is 1.29. The van der Waals surface area contributed by atoms with Gasteiger partial charge >= 0.3 is 0 Å². The van der Waals surface area contributed by atoms with Crippen molar-refractivity contribution >= 4 is 22.5 Å². The molecular formula is C18H16N2O3. The zero-order valence-corrected chi connectivity index (χ0v) is 12.7. The van der Waals surface area contributed by atoms with Crippen LogP contribution in [0.5, 0.6) is 5.75 Å². The molecule has 0 aliphatic carbocycles. The van der Waals surface area contributed by atoms with E-state index < -0.39 is 0 Å². The van der Waals surface area contributed by atoms with E-state index in [1.165, 1.54) is 6.07 Å². The Morgan fingerprint density at radius 2 is 1.83 bits per heavy atom. The second-order valence-corrected chi connectivity index (χ2v) is 5.07. The van der Waals surface area contributed by atoms with Crippen LogP contribution in [0.25, 0.3) is 10.9 Å². The number of pyridine rings is 1. The normalized spacial score (nSPS) is 10.5. The van der Waals surface area contributed by atoms with Crippen molar-refractivity contribution in [3.8, 4) is 5.75 Å². The first-order valence-electron chi connectivity index (χ1n) is 7.20. The number of nitrogens with one attached hydrogen (secondary N) is 1. The highest BCUT2D eigenvalue weighted by Gasteiger charge is 2.09. The summed E-state index contributed by atoms with van der Waals surface area (Å²) >= 11 is 0. The summed E-state index contributed by atoms with van der Waals surface area (Å²) < 4.78 is 6.97. The molecule has 0 saturated heterocycles. The van der Waals surface area contributed by atoms with Gasteiger partial charge in [0.2, 0.25) is 5.91 Å². The Kier molecular flexibility index (Phi) is 4.10. The molecule has 0 saturated carbocycles. The number of anilines is 1. The van der Waals surface area contributed by atoms with Crippen molar-refractivity contribution in [2.24, 2.45) is 0 Å². The molecule has 0 fully saturated rings. The molecular weight excluding hydrogens is 292 g/mol. The zero-order valence-electron chi connectivity index (χ0n) is 12.7. The molecule has 0 aliphatic heterocycles. The van der Waals surface area contributed by atoms with Crippen molar-refractivity contribution in [2.45, 2.75) is 6.54 Å². The molecule has 1 heterocycles. The molecule has 1 N–H and O–H groups in total. The molecule has 3 aromatic rings. The summed E-state index contributed by atoms with van der Waals surface area (Å²) in [6, 6.07) is 15.9. The number of benzene rings is 2. The van der Waals surface area contributed by atoms with Gasteiger partial charge in [-0.25, -0.2) is 0 Å². The van der Waals surface area contributed by atoms with Gasteiger partial charge in [0.05, 0.1) is 18.3 Å². The predicted molar refractivity (Wildman–Crippen MR) is 89.8 cm³/mol. The fourth-order valence-electron chi connectivity index (χ4n) is 2.49. The van der Waals surface area contributed by atoms with Gasteiger partial charge in [-0.1, -0.05) is 24.3 Å². The number of hydrogen-bond acceptors (Lipinski definition) is 3. The summed E-state index contributed by atoms with van der Waals surface area (Å²) in [6.45, 7) is 0.110. The van der Waals surface area contributed by atoms with E-state index in [1.54, 1.807) is 36.1 Å². The molecule has 5 heteroatoms. The van der Waals surface area contributed by atoms with E-state index in [0.29, 0.717) is 16.8 Å². The number of para-hydroxylation sites is 3. The maximum absolute atomic E-state index is 12.3. The molecule has 0 aliphatic rings. The third kappa shape index (κ3) is 3.08. The Hall–Kier alpha value is -3.08. The number of ether oxygens (including phenoxy) is 1. The molecule has 0 radical (unpaired) electrons. The van der Waals surface area contributed by atoms with Crippen molar-refractivity contribution in [3.63, 3.8) is 0 Å². The molecule has 3 rings (SSSR count). The van der Waals surface area contributed by atoms with Crippen LogP contribution < -0.4 is 15.5 Å². The van der Waals surface area contributed by atoms with Crippen LogP contribution in [-0.2, 0) is 11.3 Å². The number of nitrogens with zero attached hydrogens (tertiary/aromatic N) is 1. The molecule has 0 spiro atoms. The van der Waals surface area contributed by atoms with Gasteiger partial charge in [0.1, 0.15) is 12.3 Å². The van der Waals surface area contributed by atoms with Crippen LogP contribution >= 0.6 is 0 Å². The molecule has 0 atom stereocenters. The van der Waals surface area contributed by atoms with Crippen LogP contribution in [-0.4, -0.2) is 17.6 Å². The molecule has 5 nitrogen and oxygen atoms in total. The lowest BCUT2D eigenvalue weighted by Crippen LogP contribution is -2.20. The summed E-state index contributed by atoms with van der Waals surface area (Å²) in [5.74, 6) is 0.411. The van der Waals surface area contributed by atoms with Gasteiger partial charge in [0, 0.05) is 17.6 Å². The van der Waals surface area contributed by atoms with Gasteiger partial charge < -0.3 is 14.6 Å². The van der Waals surface area contributed by atoms with Crippen LogP contribution in [0, 0.1) is 0 Å². The highest BCUT2D eigenvalue weighted by molar-refractivity contribution is 5.93. The number of amides is 1. The van der Waals surface area contributed by atoms with Crippen LogP contribution in [0.4, 0.5) is 5.69 Å². The topological polar surface area (TPSA) is 60.3 Å². The van der Waals surface area contributed by atoms with Crippen LogP contribution in [0.2, 0.25) is 0 Å². The van der Waals surface area contributed by atoms with Crippen molar-refractivity contribution in [2.75, 3.05) is 12.4 Å². The number of aromatic nitrogens is 1. The number of methoxy groups -OCH3 is 1. The third-order valence-corrected chi connectivity index (χ3v) is 3.58. The average molecular weight is 308 g/mol. The first kappa shape index (κ1) is 14.8. The molecule has 23 heavy (non-hydrogen) atoms. The van der Waals surface area contributed by atoms with Gasteiger partial charge in [-0.3, -0.25) is 9.59 Å². The Morgan fingerprint density at radius 3 is 2.65 bits per heavy atom. The lowest BCUT2D eigenvalue weighted by Gasteiger charge is -2.12. The second kappa shape index (κ2) is 6.36. The number of fused-ring (bicyclic) bond motifs is 1. The first-order valence-corrected chi connectivity index (χ1v) is 7.20. The molecule has 2 aromatic carbocycles. The van der Waals surface area contributed by atoms with Crippen LogP contribution in [0.3, 0.4) is 0 Å². The van der Waals surface area contributed by atoms with Crippen LogP contribution in [0.15, 0.2) is 65.6 Å². The maximum atomic E-state index is 12.3. The Morgan fingerprint density at radius 1 is 1.09 bits per heavy atom. The average Bonchev–Trinajstić information content (AvgIpc) is 2.58. The van der Waals surface area contributed by atoms with E-state index >= 15 is 0 Å². The largest absolute Gasteiger partial charge is 0.495 e. The predicted octanol–water partition coefficient (Wildman–Crippen LogP) is 2.65. The standard InChI is InChI=1S/C18H16N2O3/c1-23-17-9-5-3-7-14(17)19-18(22)12-20-11-10-16(21)13-6-2-4-8-15(13)20/h2-11H,12H2,1H3,(H,19,22). The number of rotatable bonds is 4. The van der Waals surface area contributed by atoms with Crippen molar-refractivity contribution in [3.05, 3.63) is 71.0 Å². The Bertz CT molecular complexity index is 915. The molecule has 0 unspecified atom stereocenters. The minimum Gasteiger partial charge on any atom is -0.495 e. The van der Waals surface area contributed by atoms with Crippen LogP contribution in [0.1, 0.15) is 0 Å². The van der Waals surface area contributed by atoms with Crippen molar-refractivity contribution in [1.82, 2.24) is 4.57 Å². The minimum atomic E-state index is -0.191. The molecule has 0 bridgehead atoms. The highest BCUT2D eigenvalue weighted by atomic mass is 16.5. The van der Waals surface area contributed by atoms with E-state index in [0.717, 1.165) is 5.52 Å². The zero-order chi connectivity index (χ0) is 16.2. The SMILES string of the molecule is COc1ccccc1NC(=O)Cn1ccc(=O)c2ccccc21. The Balaban J connectivity index is 1.86. The van der Waals surface area contributed by atoms with E-state index in [9.17, 15) is 9.59 Å². The van der Waals surface area contributed by atoms with E-state index in [4.69, 9.17) is 4.74 Å². The van der Waals surface area contributed by atoms with E-state index in [1.807, 2.05) is 30.3 Å². The van der Waals surface area contributed by atoms with E-state index in [2.05, 4.69) is 5.32 Å². The molecule has 1 aromatic heterocycles. The fourth-order valence-corrected chi connectivity index (χ4v) is 2.49. The summed E-state index contributed by atoms with van der Waals surface area (Å²) in [4.78, 5) is 24.2. The number of hydrogen-bond donors (Lipinski definition) is 1. The van der Waals surface area contributed by atoms with E-state index in [-0.39, 0.29) is 17.9 Å². The maximum Gasteiger partial charge on any atom is 0.244 e. The minimum absolute atomic E-state index is 0.0537. The van der Waals surface area contributed by atoms with Gasteiger partial charge in [0.15, 0.2) is 5.43 Å². The fraction of sp³-hybridized carbons (Fsp3) is 0.111. The van der Waals surface area contributed by atoms with Gasteiger partial charge in [-0.05, 0) is 24.3 Å². The summed E-state index contributed by atoms with van der Waals surface area (Å²) in [5, 5.41) is 3.42. The lowest BCUT2D eigenvalue weighted by atomic mass is 10.2. The third-order valence-electron chi connectivity index (χ3n) is 3.58. The quantitative estimate of drug-likeness (QED) is 0.806. The molecule has 1 amide bonds. The van der Waals surface area contributed by atoms with Gasteiger partial charge in [0.25, 0.3) is 0 Å². The lowest BCUT2D eigenvalue weighted by molar-refractivity contribution is -0.116. The number of carbonyl (C=O) groups excluding carboxylic acids is 1. The van der Waals surface area contributed by atoms with Gasteiger partial charge in [-0.2, -0.15) is 0 Å². The smallest absolute Gasteiger partial charge is 0.244 e. The number of carbonyl (C=O) groups is 1. The van der Waals surface area contributed by atoms with Crippen molar-refractivity contribution in [1.29, 1.82) is 0 Å².